The Bertz CT molecular complexity index is 664. The maximum Gasteiger partial charge on any atom is 0.322 e. The molecule has 1 N–H and O–H groups in total. The standard InChI is InChI=1S/C13H15BrFNO4S/c1-8-4-5-16(12(6-8)13(17)18)21(19,20)9-2-3-10(14)11(15)7-9/h2-3,7-8,12H,4-6H2,1H3,(H,17,18). The van der Waals surface area contributed by atoms with Gasteiger partial charge in [-0.1, -0.05) is 6.92 Å². The van der Waals surface area contributed by atoms with Crippen molar-refractivity contribution in [3.05, 3.63) is 28.5 Å². The zero-order chi connectivity index (χ0) is 15.8. The molecule has 1 heterocycles. The largest absolute Gasteiger partial charge is 0.480 e. The van der Waals surface area contributed by atoms with Gasteiger partial charge in [-0.25, -0.2) is 12.8 Å². The van der Waals surface area contributed by atoms with Gasteiger partial charge < -0.3 is 5.11 Å². The summed E-state index contributed by atoms with van der Waals surface area (Å²) in [4.78, 5) is 11.1. The van der Waals surface area contributed by atoms with E-state index in [1.165, 1.54) is 12.1 Å². The van der Waals surface area contributed by atoms with Crippen LogP contribution in [0.5, 0.6) is 0 Å². The van der Waals surface area contributed by atoms with E-state index in [2.05, 4.69) is 15.9 Å². The number of piperidine rings is 1. The number of nitrogens with zero attached hydrogens (tertiary/aromatic N) is 1. The van der Waals surface area contributed by atoms with E-state index in [1.54, 1.807) is 0 Å². The predicted octanol–water partition coefficient (Wildman–Crippen LogP) is 2.46. The molecule has 1 aliphatic rings. The van der Waals surface area contributed by atoms with E-state index in [-0.39, 0.29) is 28.3 Å². The molecule has 21 heavy (non-hydrogen) atoms. The molecule has 0 aliphatic carbocycles. The fourth-order valence-corrected chi connectivity index (χ4v) is 4.27. The molecule has 1 aromatic rings. The number of carboxylic acid groups (broad SMARTS) is 1. The van der Waals surface area contributed by atoms with Crippen LogP contribution in [-0.2, 0) is 14.8 Å². The zero-order valence-corrected chi connectivity index (χ0v) is 13.7. The zero-order valence-electron chi connectivity index (χ0n) is 11.3. The highest BCUT2D eigenvalue weighted by Gasteiger charge is 2.39. The summed E-state index contributed by atoms with van der Waals surface area (Å²) < 4.78 is 39.8. The molecule has 1 aromatic carbocycles. The first-order valence-electron chi connectivity index (χ1n) is 6.43. The van der Waals surface area contributed by atoms with Gasteiger partial charge in [0.05, 0.1) is 9.37 Å². The van der Waals surface area contributed by atoms with Crippen molar-refractivity contribution < 1.29 is 22.7 Å². The SMILES string of the molecule is CC1CCN(S(=O)(=O)c2ccc(Br)c(F)c2)C(C(=O)O)C1. The summed E-state index contributed by atoms with van der Waals surface area (Å²) in [7, 11) is -4.03. The molecule has 1 saturated heterocycles. The highest BCUT2D eigenvalue weighted by molar-refractivity contribution is 9.10. The molecule has 5 nitrogen and oxygen atoms in total. The van der Waals surface area contributed by atoms with Crippen LogP contribution < -0.4 is 0 Å². The monoisotopic (exact) mass is 379 g/mol. The van der Waals surface area contributed by atoms with Crippen molar-refractivity contribution in [2.75, 3.05) is 6.54 Å². The lowest BCUT2D eigenvalue weighted by atomic mass is 9.94. The van der Waals surface area contributed by atoms with Gasteiger partial charge in [0.1, 0.15) is 11.9 Å². The summed E-state index contributed by atoms with van der Waals surface area (Å²) in [5, 5.41) is 9.25. The van der Waals surface area contributed by atoms with Crippen LogP contribution in [0.1, 0.15) is 19.8 Å². The Morgan fingerprint density at radius 2 is 2.14 bits per heavy atom. The Kier molecular flexibility index (Phi) is 4.69. The summed E-state index contributed by atoms with van der Waals surface area (Å²) in [6.45, 7) is 2.01. The number of aliphatic carboxylic acids is 1. The van der Waals surface area contributed by atoms with Crippen molar-refractivity contribution in [2.24, 2.45) is 5.92 Å². The second-order valence-corrected chi connectivity index (χ2v) is 7.92. The fraction of sp³-hybridized carbons (Fsp3) is 0.462. The van der Waals surface area contributed by atoms with Gasteiger partial charge in [0.15, 0.2) is 0 Å². The molecular weight excluding hydrogens is 365 g/mol. The van der Waals surface area contributed by atoms with Crippen molar-refractivity contribution in [2.45, 2.75) is 30.7 Å². The lowest BCUT2D eigenvalue weighted by Crippen LogP contribution is -2.49. The van der Waals surface area contributed by atoms with Gasteiger partial charge >= 0.3 is 5.97 Å². The Morgan fingerprint density at radius 1 is 1.48 bits per heavy atom. The maximum atomic E-state index is 13.5. The normalized spacial score (nSPS) is 24.0. The maximum absolute atomic E-state index is 13.5. The molecule has 2 rings (SSSR count). The number of hydrogen-bond donors (Lipinski definition) is 1. The molecule has 0 radical (unpaired) electrons. The molecule has 2 atom stereocenters. The quantitative estimate of drug-likeness (QED) is 0.874. The average Bonchev–Trinajstić information content (AvgIpc) is 2.41. The van der Waals surface area contributed by atoms with Crippen molar-refractivity contribution in [1.82, 2.24) is 4.31 Å². The summed E-state index contributed by atoms with van der Waals surface area (Å²) in [5.74, 6) is -1.74. The fourth-order valence-electron chi connectivity index (χ4n) is 2.40. The van der Waals surface area contributed by atoms with E-state index >= 15 is 0 Å². The first-order valence-corrected chi connectivity index (χ1v) is 8.66. The van der Waals surface area contributed by atoms with Gasteiger partial charge in [-0.2, -0.15) is 4.31 Å². The number of rotatable bonds is 3. The third-order valence-corrected chi connectivity index (χ3v) is 6.15. The second-order valence-electron chi connectivity index (χ2n) is 5.18. The Hall–Kier alpha value is -0.990. The van der Waals surface area contributed by atoms with Crippen molar-refractivity contribution in [1.29, 1.82) is 0 Å². The van der Waals surface area contributed by atoms with Crippen molar-refractivity contribution in [3.8, 4) is 0 Å². The Morgan fingerprint density at radius 3 is 2.71 bits per heavy atom. The number of sulfonamides is 1. The topological polar surface area (TPSA) is 74.7 Å². The highest BCUT2D eigenvalue weighted by Crippen LogP contribution is 2.29. The summed E-state index contributed by atoms with van der Waals surface area (Å²) >= 11 is 2.96. The Balaban J connectivity index is 2.41. The van der Waals surface area contributed by atoms with Crippen LogP contribution in [0.15, 0.2) is 27.6 Å². The van der Waals surface area contributed by atoms with E-state index in [1.807, 2.05) is 6.92 Å². The number of carboxylic acids is 1. The van der Waals surface area contributed by atoms with E-state index < -0.39 is 27.9 Å². The molecule has 0 aromatic heterocycles. The molecular formula is C13H15BrFNO4S. The van der Waals surface area contributed by atoms with Crippen molar-refractivity contribution in [3.63, 3.8) is 0 Å². The molecule has 2 unspecified atom stereocenters. The summed E-state index contributed by atoms with van der Waals surface area (Å²) in [6, 6.07) is 2.35. The van der Waals surface area contributed by atoms with Crippen LogP contribution in [0.4, 0.5) is 4.39 Å². The predicted molar refractivity (Wildman–Crippen MR) is 77.8 cm³/mol. The van der Waals surface area contributed by atoms with Crippen LogP contribution in [0.2, 0.25) is 0 Å². The van der Waals surface area contributed by atoms with E-state index in [0.717, 1.165) is 10.4 Å². The molecule has 0 spiro atoms. The summed E-state index contributed by atoms with van der Waals surface area (Å²) in [6.07, 6.45) is 0.843. The Labute approximate surface area is 130 Å². The lowest BCUT2D eigenvalue weighted by Gasteiger charge is -2.34. The van der Waals surface area contributed by atoms with Crippen LogP contribution >= 0.6 is 15.9 Å². The molecule has 0 saturated carbocycles. The third-order valence-electron chi connectivity index (χ3n) is 3.60. The molecule has 116 valence electrons. The summed E-state index contributed by atoms with van der Waals surface area (Å²) in [5.41, 5.74) is 0. The molecule has 8 heteroatoms. The van der Waals surface area contributed by atoms with E-state index in [0.29, 0.717) is 6.42 Å². The van der Waals surface area contributed by atoms with Gasteiger partial charge in [0.2, 0.25) is 10.0 Å². The number of hydrogen-bond acceptors (Lipinski definition) is 3. The van der Waals surface area contributed by atoms with Gasteiger partial charge in [0.25, 0.3) is 0 Å². The average molecular weight is 380 g/mol. The minimum absolute atomic E-state index is 0.123. The van der Waals surface area contributed by atoms with Gasteiger partial charge in [-0.05, 0) is 52.9 Å². The lowest BCUT2D eigenvalue weighted by molar-refractivity contribution is -0.143. The molecule has 1 fully saturated rings. The van der Waals surface area contributed by atoms with E-state index in [9.17, 15) is 22.7 Å². The number of benzene rings is 1. The molecule has 0 bridgehead atoms. The third kappa shape index (κ3) is 3.27. The first kappa shape index (κ1) is 16.4. The van der Waals surface area contributed by atoms with E-state index in [4.69, 9.17) is 0 Å². The smallest absolute Gasteiger partial charge is 0.322 e. The number of halogens is 2. The van der Waals surface area contributed by atoms with Gasteiger partial charge in [0, 0.05) is 6.54 Å². The second kappa shape index (κ2) is 6.02. The van der Waals surface area contributed by atoms with Crippen LogP contribution in [0.3, 0.4) is 0 Å². The van der Waals surface area contributed by atoms with Crippen LogP contribution in [-0.4, -0.2) is 36.4 Å². The van der Waals surface area contributed by atoms with Crippen LogP contribution in [0.25, 0.3) is 0 Å². The van der Waals surface area contributed by atoms with Crippen molar-refractivity contribution >= 4 is 31.9 Å². The minimum atomic E-state index is -4.03. The van der Waals surface area contributed by atoms with Gasteiger partial charge in [-0.15, -0.1) is 0 Å². The molecule has 0 amide bonds. The van der Waals surface area contributed by atoms with Gasteiger partial charge in [-0.3, -0.25) is 4.79 Å². The first-order chi connectivity index (χ1) is 9.73. The highest BCUT2D eigenvalue weighted by atomic mass is 79.9. The number of carbonyl (C=O) groups is 1. The molecule has 1 aliphatic heterocycles. The minimum Gasteiger partial charge on any atom is -0.480 e. The van der Waals surface area contributed by atoms with Crippen LogP contribution in [0, 0.1) is 11.7 Å².